The molecule has 0 spiro atoms. The number of carbonyl (C=O) groups is 1. The van der Waals surface area contributed by atoms with Crippen molar-refractivity contribution in [1.82, 2.24) is 9.55 Å². The zero-order valence-electron chi connectivity index (χ0n) is 21.1. The fraction of sp³-hybridized carbons (Fsp3) is 0.200. The minimum Gasteiger partial charge on any atom is -0.494 e. The van der Waals surface area contributed by atoms with E-state index in [-0.39, 0.29) is 5.91 Å². The van der Waals surface area contributed by atoms with Crippen molar-refractivity contribution in [2.75, 3.05) is 11.9 Å². The molecule has 6 nitrogen and oxygen atoms in total. The highest BCUT2D eigenvalue weighted by Crippen LogP contribution is 2.24. The molecular formula is C30H31N3O3S. The summed E-state index contributed by atoms with van der Waals surface area (Å²) < 4.78 is 20.3. The van der Waals surface area contributed by atoms with Gasteiger partial charge in [-0.2, -0.15) is 0 Å². The van der Waals surface area contributed by atoms with E-state index in [1.165, 1.54) is 6.08 Å². The van der Waals surface area contributed by atoms with Gasteiger partial charge in [-0.05, 0) is 78.6 Å². The summed E-state index contributed by atoms with van der Waals surface area (Å²) >= 11 is 0. The fourth-order valence-electron chi connectivity index (χ4n) is 3.91. The molecule has 0 saturated heterocycles. The monoisotopic (exact) mass is 513 g/mol. The third-order valence-corrected chi connectivity index (χ3v) is 7.10. The maximum absolute atomic E-state index is 12.8. The van der Waals surface area contributed by atoms with Gasteiger partial charge in [0.15, 0.2) is 0 Å². The zero-order valence-corrected chi connectivity index (χ0v) is 21.9. The molecule has 4 aromatic rings. The van der Waals surface area contributed by atoms with E-state index in [0.717, 1.165) is 41.1 Å². The Morgan fingerprint density at radius 3 is 2.54 bits per heavy atom. The topological polar surface area (TPSA) is 73.2 Å². The lowest BCUT2D eigenvalue weighted by Crippen LogP contribution is -2.08. The summed E-state index contributed by atoms with van der Waals surface area (Å²) in [4.78, 5) is 17.4. The highest BCUT2D eigenvalue weighted by molar-refractivity contribution is 7.84. The Kier molecular flexibility index (Phi) is 9.05. The first-order valence-electron chi connectivity index (χ1n) is 12.4. The third-order valence-electron chi connectivity index (χ3n) is 5.74. The minimum atomic E-state index is -1.19. The average molecular weight is 514 g/mol. The molecule has 0 aliphatic carbocycles. The normalized spacial score (nSPS) is 11.9. The molecule has 0 fully saturated rings. The van der Waals surface area contributed by atoms with Crippen LogP contribution in [0.3, 0.4) is 0 Å². The van der Waals surface area contributed by atoms with Crippen LogP contribution in [0.25, 0.3) is 17.2 Å². The van der Waals surface area contributed by atoms with Crippen molar-refractivity contribution in [2.45, 2.75) is 37.5 Å². The summed E-state index contributed by atoms with van der Waals surface area (Å²) in [6.07, 6.45) is 7.84. The van der Waals surface area contributed by atoms with E-state index in [9.17, 15) is 9.00 Å². The fourth-order valence-corrected chi connectivity index (χ4v) is 5.02. The predicted octanol–water partition coefficient (Wildman–Crippen LogP) is 6.32. The van der Waals surface area contributed by atoms with Gasteiger partial charge in [-0.15, -0.1) is 0 Å². The Morgan fingerprint density at radius 2 is 1.81 bits per heavy atom. The molecule has 1 amide bonds. The molecule has 190 valence electrons. The number of nitrogens with zero attached hydrogens (tertiary/aromatic N) is 2. The van der Waals surface area contributed by atoms with E-state index in [0.29, 0.717) is 22.9 Å². The van der Waals surface area contributed by atoms with Gasteiger partial charge in [0.1, 0.15) is 5.75 Å². The minimum absolute atomic E-state index is 0.233. The number of aryl methyl sites for hydroxylation is 1. The van der Waals surface area contributed by atoms with Gasteiger partial charge in [-0.25, -0.2) is 4.98 Å². The number of rotatable bonds is 11. The number of hydrogen-bond acceptors (Lipinski definition) is 4. The van der Waals surface area contributed by atoms with Gasteiger partial charge in [-0.3, -0.25) is 9.00 Å². The molecule has 37 heavy (non-hydrogen) atoms. The summed E-state index contributed by atoms with van der Waals surface area (Å²) in [5.74, 6) is 1.02. The van der Waals surface area contributed by atoms with Crippen LogP contribution in [0.5, 0.6) is 5.75 Å². The van der Waals surface area contributed by atoms with Crippen LogP contribution in [-0.2, 0) is 27.9 Å². The van der Waals surface area contributed by atoms with Crippen LogP contribution < -0.4 is 10.1 Å². The van der Waals surface area contributed by atoms with Gasteiger partial charge >= 0.3 is 0 Å². The van der Waals surface area contributed by atoms with Crippen molar-refractivity contribution < 1.29 is 13.7 Å². The van der Waals surface area contributed by atoms with Gasteiger partial charge in [0.05, 0.1) is 35.2 Å². The van der Waals surface area contributed by atoms with Crippen molar-refractivity contribution in [3.8, 4) is 16.9 Å². The van der Waals surface area contributed by atoms with Crippen LogP contribution >= 0.6 is 0 Å². The molecule has 1 unspecified atom stereocenters. The number of aromatic nitrogens is 2. The van der Waals surface area contributed by atoms with Gasteiger partial charge < -0.3 is 14.6 Å². The lowest BCUT2D eigenvalue weighted by molar-refractivity contribution is -0.111. The molecule has 0 radical (unpaired) electrons. The van der Waals surface area contributed by atoms with Crippen LogP contribution in [0.4, 0.5) is 5.69 Å². The summed E-state index contributed by atoms with van der Waals surface area (Å²) in [5.41, 5.74) is 4.67. The van der Waals surface area contributed by atoms with E-state index >= 15 is 0 Å². The van der Waals surface area contributed by atoms with Crippen molar-refractivity contribution in [3.63, 3.8) is 0 Å². The number of ether oxygens (including phenoxy) is 1. The van der Waals surface area contributed by atoms with Crippen LogP contribution in [-0.4, -0.2) is 26.3 Å². The van der Waals surface area contributed by atoms with Crippen LogP contribution in [0.15, 0.2) is 96.3 Å². The first-order chi connectivity index (χ1) is 18.1. The maximum atomic E-state index is 12.8. The molecule has 0 aliphatic rings. The number of imidazole rings is 1. The number of carbonyl (C=O) groups excluding carboxylic acids is 1. The molecule has 4 rings (SSSR count). The Hall–Kier alpha value is -3.97. The van der Waals surface area contributed by atoms with E-state index in [1.807, 2.05) is 60.0 Å². The third kappa shape index (κ3) is 7.27. The second-order valence-electron chi connectivity index (χ2n) is 8.50. The predicted molar refractivity (Wildman–Crippen MR) is 150 cm³/mol. The lowest BCUT2D eigenvalue weighted by Gasteiger charge is -2.08. The molecule has 1 N–H and O–H groups in total. The highest BCUT2D eigenvalue weighted by atomic mass is 32.2. The number of hydrogen-bond donors (Lipinski definition) is 1. The SMILES string of the molecule is CCCn1cncc1CS(=O)c1ccc(NC(=O)/C=C/c2cccc(-c3ccc(OCC)cc3)c2)cc1. The van der Waals surface area contributed by atoms with Crippen LogP contribution in [0.2, 0.25) is 0 Å². The molecule has 0 bridgehead atoms. The van der Waals surface area contributed by atoms with Gasteiger partial charge in [0, 0.05) is 29.4 Å². The lowest BCUT2D eigenvalue weighted by atomic mass is 10.0. The Morgan fingerprint density at radius 1 is 1.03 bits per heavy atom. The number of nitrogens with one attached hydrogen (secondary N) is 1. The van der Waals surface area contributed by atoms with Crippen molar-refractivity contribution in [1.29, 1.82) is 0 Å². The molecule has 3 aromatic carbocycles. The Labute approximate surface area is 220 Å². The summed E-state index contributed by atoms with van der Waals surface area (Å²) in [6.45, 7) is 5.56. The standard InChI is InChI=1S/C30H31N3O3S/c1-3-18-33-22-31-20-27(33)21-37(35)29-15-11-26(12-16-29)32-30(34)17-8-23-6-5-7-25(19-23)24-9-13-28(14-10-24)36-4-2/h5-17,19-20,22H,3-4,18,21H2,1-2H3,(H,32,34)/b17-8+. The highest BCUT2D eigenvalue weighted by Gasteiger charge is 2.10. The molecule has 0 aliphatic heterocycles. The summed E-state index contributed by atoms with van der Waals surface area (Å²) in [5, 5.41) is 2.86. The van der Waals surface area contributed by atoms with Gasteiger partial charge in [0.2, 0.25) is 5.91 Å². The second kappa shape index (κ2) is 12.8. The van der Waals surface area contributed by atoms with Crippen molar-refractivity contribution in [3.05, 3.63) is 103 Å². The molecule has 1 aromatic heterocycles. The largest absolute Gasteiger partial charge is 0.494 e. The molecule has 7 heteroatoms. The molecule has 1 atom stereocenters. The number of amides is 1. The first-order valence-corrected chi connectivity index (χ1v) is 13.7. The maximum Gasteiger partial charge on any atom is 0.248 e. The summed E-state index contributed by atoms with van der Waals surface area (Å²) in [6, 6.07) is 23.1. The van der Waals surface area contributed by atoms with Crippen molar-refractivity contribution >= 4 is 28.5 Å². The molecule has 0 saturated carbocycles. The zero-order chi connectivity index (χ0) is 26.0. The van der Waals surface area contributed by atoms with E-state index in [2.05, 4.69) is 17.2 Å². The number of benzene rings is 3. The Balaban J connectivity index is 1.34. The molecule has 1 heterocycles. The second-order valence-corrected chi connectivity index (χ2v) is 9.95. The summed E-state index contributed by atoms with van der Waals surface area (Å²) in [7, 11) is -1.19. The van der Waals surface area contributed by atoms with E-state index in [1.54, 1.807) is 42.9 Å². The molecular weight excluding hydrogens is 482 g/mol. The quantitative estimate of drug-likeness (QED) is 0.238. The van der Waals surface area contributed by atoms with Crippen molar-refractivity contribution in [2.24, 2.45) is 0 Å². The smallest absolute Gasteiger partial charge is 0.248 e. The average Bonchev–Trinajstić information content (AvgIpc) is 3.35. The van der Waals surface area contributed by atoms with Gasteiger partial charge in [0.25, 0.3) is 0 Å². The van der Waals surface area contributed by atoms with Crippen LogP contribution in [0.1, 0.15) is 31.5 Å². The number of anilines is 1. The van der Waals surface area contributed by atoms with Gasteiger partial charge in [-0.1, -0.05) is 37.3 Å². The van der Waals surface area contributed by atoms with E-state index in [4.69, 9.17) is 4.74 Å². The Bertz CT molecular complexity index is 1380. The first kappa shape index (κ1) is 26.1. The van der Waals surface area contributed by atoms with E-state index < -0.39 is 10.8 Å². The van der Waals surface area contributed by atoms with Crippen LogP contribution in [0, 0.1) is 0 Å².